The van der Waals surface area contributed by atoms with Crippen molar-refractivity contribution >= 4 is 174 Å². The van der Waals surface area contributed by atoms with Gasteiger partial charge < -0.3 is 13.3 Å². The molecule has 0 spiro atoms. The molecule has 3 heterocycles. The molecule has 598 valence electrons. The lowest BCUT2D eigenvalue weighted by atomic mass is 9.82. The van der Waals surface area contributed by atoms with Crippen LogP contribution in [0.3, 0.4) is 0 Å². The van der Waals surface area contributed by atoms with E-state index in [1.54, 1.807) is 0 Å². The summed E-state index contributed by atoms with van der Waals surface area (Å²) in [5.41, 5.74) is 25.2. The van der Waals surface area contributed by atoms with Crippen LogP contribution in [0.4, 0.5) is 0 Å². The van der Waals surface area contributed by atoms with Crippen molar-refractivity contribution in [1.29, 1.82) is 0 Å². The molecule has 27 rings (SSSR count). The minimum atomic E-state index is 0. The Labute approximate surface area is 739 Å². The highest BCUT2D eigenvalue weighted by atomic mass is 16.3. The van der Waals surface area contributed by atoms with Crippen molar-refractivity contribution in [2.75, 3.05) is 0 Å². The fourth-order valence-corrected chi connectivity index (χ4v) is 20.9. The van der Waals surface area contributed by atoms with E-state index >= 15 is 0 Å². The van der Waals surface area contributed by atoms with E-state index < -0.39 is 0 Å². The third kappa shape index (κ3) is 12.2. The van der Waals surface area contributed by atoms with E-state index in [-0.39, 0.29) is 7.43 Å². The summed E-state index contributed by atoms with van der Waals surface area (Å²) in [6.07, 6.45) is 0. The van der Waals surface area contributed by atoms with E-state index in [9.17, 15) is 0 Å². The van der Waals surface area contributed by atoms with Crippen LogP contribution in [0.5, 0.6) is 0 Å². The number of furan rings is 3. The molecule has 0 N–H and O–H groups in total. The second kappa shape index (κ2) is 31.0. The minimum Gasteiger partial charge on any atom is -0.456 e. The first-order valence-electron chi connectivity index (χ1n) is 43.7. The molecule has 0 unspecified atom stereocenters. The Morgan fingerprint density at radius 2 is 0.414 bits per heavy atom. The van der Waals surface area contributed by atoms with Crippen molar-refractivity contribution < 1.29 is 13.3 Å². The molecule has 0 aliphatic heterocycles. The predicted octanol–water partition coefficient (Wildman–Crippen LogP) is 36.3. The summed E-state index contributed by atoms with van der Waals surface area (Å²) in [6.45, 7) is 0. The van der Waals surface area contributed by atoms with Gasteiger partial charge in [-0.2, -0.15) is 0 Å². The zero-order valence-corrected chi connectivity index (χ0v) is 69.1. The number of fused-ring (bicyclic) bond motifs is 20. The number of para-hydroxylation sites is 2. The Bertz CT molecular complexity index is 8990. The van der Waals surface area contributed by atoms with E-state index in [4.69, 9.17) is 13.3 Å². The lowest BCUT2D eigenvalue weighted by Gasteiger charge is -2.20. The van der Waals surface area contributed by atoms with Crippen LogP contribution in [0, 0.1) is 0 Å². The molecule has 0 aliphatic carbocycles. The van der Waals surface area contributed by atoms with Crippen LogP contribution in [-0.4, -0.2) is 0 Å². The predicted molar refractivity (Wildman–Crippen MR) is 546 cm³/mol. The van der Waals surface area contributed by atoms with Crippen molar-refractivity contribution in [1.82, 2.24) is 0 Å². The molecule has 0 fully saturated rings. The lowest BCUT2D eigenvalue weighted by Crippen LogP contribution is -1.93. The lowest BCUT2D eigenvalue weighted by molar-refractivity contribution is 0.669. The summed E-state index contributed by atoms with van der Waals surface area (Å²) in [7, 11) is 0. The minimum absolute atomic E-state index is 0. The Balaban J connectivity index is 0.000000106. The van der Waals surface area contributed by atoms with Gasteiger partial charge in [0.2, 0.25) is 0 Å². The fourth-order valence-electron chi connectivity index (χ4n) is 20.9. The summed E-state index contributed by atoms with van der Waals surface area (Å²) in [5.74, 6) is 0. The molecular formula is C125H80O3. The Hall–Kier alpha value is -16.7. The summed E-state index contributed by atoms with van der Waals surface area (Å²) in [5, 5.41) is 31.5. The van der Waals surface area contributed by atoms with Gasteiger partial charge in [-0.3, -0.25) is 0 Å². The van der Waals surface area contributed by atoms with Gasteiger partial charge in [0.25, 0.3) is 0 Å². The maximum Gasteiger partial charge on any atom is 0.143 e. The molecule has 0 bridgehead atoms. The Kier molecular flexibility index (Phi) is 18.1. The number of hydrogen-bond acceptors (Lipinski definition) is 3. The summed E-state index contributed by atoms with van der Waals surface area (Å²) >= 11 is 0. The average molecular weight is 1630 g/mol. The third-order valence-corrected chi connectivity index (χ3v) is 26.3. The van der Waals surface area contributed by atoms with Gasteiger partial charge in [-0.25, -0.2) is 0 Å². The van der Waals surface area contributed by atoms with Crippen molar-refractivity contribution in [3.05, 3.63) is 461 Å². The smallest absolute Gasteiger partial charge is 0.143 e. The van der Waals surface area contributed by atoms with Crippen LogP contribution in [0.1, 0.15) is 7.43 Å². The first-order chi connectivity index (χ1) is 63.1. The maximum absolute atomic E-state index is 6.74. The normalized spacial score (nSPS) is 11.7. The molecule has 3 heteroatoms. The highest BCUT2D eigenvalue weighted by Crippen LogP contribution is 2.54. The van der Waals surface area contributed by atoms with Gasteiger partial charge >= 0.3 is 0 Å². The molecule has 27 aromatic rings. The van der Waals surface area contributed by atoms with Gasteiger partial charge in [-0.05, 0) is 223 Å². The van der Waals surface area contributed by atoms with Gasteiger partial charge in [0.1, 0.15) is 33.5 Å². The van der Waals surface area contributed by atoms with Gasteiger partial charge in [-0.15, -0.1) is 0 Å². The first-order valence-corrected chi connectivity index (χ1v) is 43.7. The van der Waals surface area contributed by atoms with Crippen molar-refractivity contribution in [3.8, 4) is 89.0 Å². The number of benzene rings is 24. The molecule has 0 atom stereocenters. The molecule has 0 aliphatic rings. The van der Waals surface area contributed by atoms with E-state index in [1.165, 1.54) is 191 Å². The standard InChI is InChI=1S/2C42H26O.C40H24O.CH4/c1-2-14-27(15-3-1)29-17-6-7-20-32(29)39-33-21-8-10-23-35(33)40(36-24-11-9-22-34(36)39)41-30-18-5-4-16-28(30)26-37-31-19-12-13-25-38(31)43-42(37)41;1-2-12-27(13-3-1)30-15-6-7-17-32(30)41-35-20-10-8-18-33(35)40(34-19-9-11-21-36(34)41)29-23-24-38-37(26-29)42-31-16-5-4-14-28(31)22-25-39(42)43-38;1-2-12-26-23-28(22-21-25(26)11-1)37-31-16-5-7-18-33(31)38(34-19-8-6-17-32(34)37)39-29-14-4-3-13-27(29)24-35-30-15-9-10-20-36(30)41-40(35)39;/h2*1-26H;1-24H;1H4. The molecular weight excluding hydrogens is 1550 g/mol. The van der Waals surface area contributed by atoms with Crippen molar-refractivity contribution in [2.24, 2.45) is 0 Å². The second-order valence-electron chi connectivity index (χ2n) is 33.3. The van der Waals surface area contributed by atoms with Crippen LogP contribution < -0.4 is 0 Å². The largest absolute Gasteiger partial charge is 0.456 e. The molecule has 0 saturated heterocycles. The second-order valence-corrected chi connectivity index (χ2v) is 33.3. The molecule has 3 aromatic heterocycles. The highest BCUT2D eigenvalue weighted by molar-refractivity contribution is 6.32. The summed E-state index contributed by atoms with van der Waals surface area (Å²) < 4.78 is 19.8. The van der Waals surface area contributed by atoms with Gasteiger partial charge in [0, 0.05) is 54.6 Å². The Morgan fingerprint density at radius 3 is 0.844 bits per heavy atom. The zero-order valence-electron chi connectivity index (χ0n) is 69.1. The van der Waals surface area contributed by atoms with E-state index in [1.807, 2.05) is 12.1 Å². The average Bonchev–Trinajstić information content (AvgIpc) is 1.03. The van der Waals surface area contributed by atoms with Gasteiger partial charge in [0.05, 0.1) is 0 Å². The summed E-state index contributed by atoms with van der Waals surface area (Å²) in [6, 6.07) is 166. The maximum atomic E-state index is 6.74. The van der Waals surface area contributed by atoms with Gasteiger partial charge in [0.15, 0.2) is 0 Å². The monoisotopic (exact) mass is 1630 g/mol. The van der Waals surface area contributed by atoms with Crippen LogP contribution in [-0.2, 0) is 0 Å². The van der Waals surface area contributed by atoms with E-state index in [0.29, 0.717) is 0 Å². The zero-order chi connectivity index (χ0) is 83.6. The molecule has 0 radical (unpaired) electrons. The first kappa shape index (κ1) is 75.1. The van der Waals surface area contributed by atoms with Crippen LogP contribution in [0.15, 0.2) is 474 Å². The number of hydrogen-bond donors (Lipinski definition) is 0. The highest BCUT2D eigenvalue weighted by Gasteiger charge is 2.28. The van der Waals surface area contributed by atoms with Gasteiger partial charge in [-0.1, -0.05) is 420 Å². The summed E-state index contributed by atoms with van der Waals surface area (Å²) in [4.78, 5) is 0. The quantitative estimate of drug-likeness (QED) is 0.142. The van der Waals surface area contributed by atoms with Crippen molar-refractivity contribution in [2.45, 2.75) is 7.43 Å². The van der Waals surface area contributed by atoms with Crippen LogP contribution >= 0.6 is 0 Å². The molecule has 24 aromatic carbocycles. The number of rotatable bonds is 8. The third-order valence-electron chi connectivity index (χ3n) is 26.3. The van der Waals surface area contributed by atoms with E-state index in [0.717, 1.165) is 71.6 Å². The molecule has 3 nitrogen and oxygen atoms in total. The Morgan fingerprint density at radius 1 is 0.125 bits per heavy atom. The fraction of sp³-hybridized carbons (Fsp3) is 0.00800. The van der Waals surface area contributed by atoms with Crippen LogP contribution in [0.2, 0.25) is 0 Å². The molecule has 0 saturated carbocycles. The molecule has 128 heavy (non-hydrogen) atoms. The van der Waals surface area contributed by atoms with Crippen molar-refractivity contribution in [3.63, 3.8) is 0 Å². The topological polar surface area (TPSA) is 39.4 Å². The SMILES string of the molecule is C.c1ccc(-c2ccccc2-c2c3ccccc3c(-c3c4ccccc4cc4c3oc3ccccc34)c3ccccc23)cc1.c1ccc(-c2ccccc2-c2c3ccccc3c(-c3ccc4oc5ccc6ccccc6c5c4c3)c3ccccc23)cc1.c1ccc2cc(-c3c4ccccc4c(-c4c5ccccc5cc5c4oc4ccccc45)c4ccccc34)ccc2c1. The van der Waals surface area contributed by atoms with E-state index in [2.05, 4.69) is 449 Å². The van der Waals surface area contributed by atoms with Crippen LogP contribution in [0.25, 0.3) is 263 Å². The molecule has 0 amide bonds.